The average molecular weight is 301 g/mol. The van der Waals surface area contributed by atoms with E-state index in [4.69, 9.17) is 4.42 Å². The summed E-state index contributed by atoms with van der Waals surface area (Å²) < 4.78 is 5.31. The van der Waals surface area contributed by atoms with Gasteiger partial charge in [0.1, 0.15) is 5.54 Å². The molecule has 1 aromatic carbocycles. The predicted octanol–water partition coefficient (Wildman–Crippen LogP) is 1.78. The van der Waals surface area contributed by atoms with Crippen LogP contribution in [0.1, 0.15) is 35.5 Å². The number of rotatable bonds is 4. The van der Waals surface area contributed by atoms with E-state index >= 15 is 0 Å². The molecule has 1 saturated carbocycles. The highest BCUT2D eigenvalue weighted by Crippen LogP contribution is 2.32. The van der Waals surface area contributed by atoms with E-state index in [1.54, 1.807) is 31.2 Å². The number of aryl methyl sites for hydroxylation is 1. The number of benzene rings is 1. The zero-order chi connectivity index (χ0) is 15.7. The lowest BCUT2D eigenvalue weighted by atomic mass is 9.76. The summed E-state index contributed by atoms with van der Waals surface area (Å²) in [5.41, 5.74) is -0.0134. The van der Waals surface area contributed by atoms with Crippen LogP contribution in [-0.2, 0) is 4.79 Å². The number of carboxylic acids is 1. The van der Waals surface area contributed by atoms with Gasteiger partial charge in [-0.05, 0) is 43.5 Å². The number of amides is 1. The van der Waals surface area contributed by atoms with Crippen LogP contribution in [0.2, 0.25) is 0 Å². The van der Waals surface area contributed by atoms with Crippen molar-refractivity contribution in [2.75, 3.05) is 0 Å². The molecule has 0 bridgehead atoms. The average Bonchev–Trinajstić information content (AvgIpc) is 2.89. The minimum absolute atomic E-state index is 0.380. The Balaban J connectivity index is 1.75. The molecule has 3 rings (SSSR count). The molecule has 7 heteroatoms. The quantitative estimate of drug-likeness (QED) is 0.891. The van der Waals surface area contributed by atoms with Crippen molar-refractivity contribution < 1.29 is 19.1 Å². The van der Waals surface area contributed by atoms with Crippen LogP contribution in [0.3, 0.4) is 0 Å². The first-order valence-electron chi connectivity index (χ1n) is 6.97. The largest absolute Gasteiger partial charge is 0.480 e. The highest BCUT2D eigenvalue weighted by molar-refractivity contribution is 5.98. The standard InChI is InChI=1S/C15H15N3O4/c1-9-17-18-13(22-9)11-5-3-10(4-6-11)12(19)16-15(14(20)21)7-2-8-15/h3-6H,2,7-8H2,1H3,(H,16,19)(H,20,21). The van der Waals surface area contributed by atoms with E-state index in [-0.39, 0.29) is 0 Å². The van der Waals surface area contributed by atoms with Gasteiger partial charge >= 0.3 is 5.97 Å². The van der Waals surface area contributed by atoms with Gasteiger partial charge in [-0.3, -0.25) is 4.79 Å². The van der Waals surface area contributed by atoms with Crippen molar-refractivity contribution in [2.24, 2.45) is 0 Å². The minimum atomic E-state index is -1.11. The Kier molecular flexibility index (Phi) is 3.40. The first-order chi connectivity index (χ1) is 10.5. The highest BCUT2D eigenvalue weighted by Gasteiger charge is 2.45. The van der Waals surface area contributed by atoms with Gasteiger partial charge in [-0.15, -0.1) is 10.2 Å². The van der Waals surface area contributed by atoms with Crippen molar-refractivity contribution in [1.82, 2.24) is 15.5 Å². The summed E-state index contributed by atoms with van der Waals surface area (Å²) in [6.45, 7) is 1.70. The van der Waals surface area contributed by atoms with E-state index in [0.717, 1.165) is 6.42 Å². The Morgan fingerprint density at radius 3 is 2.36 bits per heavy atom. The number of carbonyl (C=O) groups is 2. The van der Waals surface area contributed by atoms with E-state index in [1.807, 2.05) is 0 Å². The molecule has 1 aliphatic rings. The lowest BCUT2D eigenvalue weighted by Gasteiger charge is -2.38. The molecule has 0 aliphatic heterocycles. The summed E-state index contributed by atoms with van der Waals surface area (Å²) in [4.78, 5) is 23.5. The first-order valence-corrected chi connectivity index (χ1v) is 6.97. The van der Waals surface area contributed by atoms with Crippen molar-refractivity contribution in [2.45, 2.75) is 31.7 Å². The number of nitrogens with one attached hydrogen (secondary N) is 1. The Hall–Kier alpha value is -2.70. The molecule has 1 amide bonds. The van der Waals surface area contributed by atoms with Gasteiger partial charge in [0.2, 0.25) is 11.8 Å². The van der Waals surface area contributed by atoms with Crippen molar-refractivity contribution in [3.8, 4) is 11.5 Å². The Labute approximate surface area is 126 Å². The second-order valence-corrected chi connectivity index (χ2v) is 5.40. The zero-order valence-corrected chi connectivity index (χ0v) is 12.0. The first kappa shape index (κ1) is 14.2. The molecule has 0 unspecified atom stereocenters. The van der Waals surface area contributed by atoms with Crippen molar-refractivity contribution in [1.29, 1.82) is 0 Å². The van der Waals surface area contributed by atoms with Crippen LogP contribution in [0.15, 0.2) is 28.7 Å². The molecule has 0 saturated heterocycles. The van der Waals surface area contributed by atoms with E-state index < -0.39 is 17.4 Å². The fourth-order valence-corrected chi connectivity index (χ4v) is 2.39. The second kappa shape index (κ2) is 5.25. The monoisotopic (exact) mass is 301 g/mol. The van der Waals surface area contributed by atoms with Gasteiger partial charge < -0.3 is 14.8 Å². The Bertz CT molecular complexity index is 717. The van der Waals surface area contributed by atoms with Crippen molar-refractivity contribution in [3.05, 3.63) is 35.7 Å². The van der Waals surface area contributed by atoms with Crippen molar-refractivity contribution in [3.63, 3.8) is 0 Å². The van der Waals surface area contributed by atoms with Gasteiger partial charge in [-0.2, -0.15) is 0 Å². The van der Waals surface area contributed by atoms with Crippen LogP contribution in [0.25, 0.3) is 11.5 Å². The van der Waals surface area contributed by atoms with Crippen LogP contribution in [0, 0.1) is 6.92 Å². The molecule has 1 aliphatic carbocycles. The maximum absolute atomic E-state index is 12.2. The number of aromatic nitrogens is 2. The lowest BCUT2D eigenvalue weighted by molar-refractivity contribution is -0.148. The fraction of sp³-hybridized carbons (Fsp3) is 0.333. The van der Waals surface area contributed by atoms with Gasteiger partial charge in [0.15, 0.2) is 0 Å². The summed E-state index contributed by atoms with van der Waals surface area (Å²) in [6, 6.07) is 6.60. The molecular weight excluding hydrogens is 286 g/mol. The predicted molar refractivity (Wildman–Crippen MR) is 76.2 cm³/mol. The maximum atomic E-state index is 12.2. The third-order valence-corrected chi connectivity index (χ3v) is 3.89. The number of aliphatic carboxylic acids is 1. The summed E-state index contributed by atoms with van der Waals surface area (Å²) in [5.74, 6) is -0.531. The maximum Gasteiger partial charge on any atom is 0.329 e. The fourth-order valence-electron chi connectivity index (χ4n) is 2.39. The molecule has 7 nitrogen and oxygen atoms in total. The SMILES string of the molecule is Cc1nnc(-c2ccc(C(=O)NC3(C(=O)O)CCC3)cc2)o1. The van der Waals surface area contributed by atoms with Gasteiger partial charge in [0.25, 0.3) is 5.91 Å². The van der Waals surface area contributed by atoms with Gasteiger partial charge in [-0.25, -0.2) is 4.79 Å². The molecule has 0 spiro atoms. The Morgan fingerprint density at radius 2 is 1.91 bits per heavy atom. The second-order valence-electron chi connectivity index (χ2n) is 5.40. The normalized spacial score (nSPS) is 15.9. The van der Waals surface area contributed by atoms with E-state index in [2.05, 4.69) is 15.5 Å². The van der Waals surface area contributed by atoms with E-state index in [1.165, 1.54) is 0 Å². The number of hydrogen-bond acceptors (Lipinski definition) is 5. The third-order valence-electron chi connectivity index (χ3n) is 3.89. The molecule has 0 radical (unpaired) electrons. The molecule has 1 fully saturated rings. The van der Waals surface area contributed by atoms with Gasteiger partial charge in [0, 0.05) is 18.1 Å². The number of carboxylic acid groups (broad SMARTS) is 1. The number of nitrogens with zero attached hydrogens (tertiary/aromatic N) is 2. The van der Waals surface area contributed by atoms with Crippen LogP contribution in [0.5, 0.6) is 0 Å². The van der Waals surface area contributed by atoms with E-state index in [9.17, 15) is 14.7 Å². The number of carbonyl (C=O) groups excluding carboxylic acids is 1. The van der Waals surface area contributed by atoms with Crippen LogP contribution < -0.4 is 5.32 Å². The minimum Gasteiger partial charge on any atom is -0.480 e. The molecule has 2 aromatic rings. The van der Waals surface area contributed by atoms with E-state index in [0.29, 0.717) is 35.7 Å². The molecule has 1 heterocycles. The number of hydrogen-bond donors (Lipinski definition) is 2. The third kappa shape index (κ3) is 2.45. The molecule has 114 valence electrons. The van der Waals surface area contributed by atoms with Crippen LogP contribution in [-0.4, -0.2) is 32.7 Å². The zero-order valence-electron chi connectivity index (χ0n) is 12.0. The topological polar surface area (TPSA) is 105 Å². The lowest BCUT2D eigenvalue weighted by Crippen LogP contribution is -2.59. The summed E-state index contributed by atoms with van der Waals surface area (Å²) in [7, 11) is 0. The Morgan fingerprint density at radius 1 is 1.23 bits per heavy atom. The smallest absolute Gasteiger partial charge is 0.329 e. The van der Waals surface area contributed by atoms with Crippen LogP contribution >= 0.6 is 0 Å². The summed E-state index contributed by atoms with van der Waals surface area (Å²) in [5, 5.41) is 19.5. The molecule has 22 heavy (non-hydrogen) atoms. The highest BCUT2D eigenvalue weighted by atomic mass is 16.4. The van der Waals surface area contributed by atoms with Gasteiger partial charge in [0.05, 0.1) is 0 Å². The summed E-state index contributed by atoms with van der Waals surface area (Å²) in [6.07, 6.45) is 1.74. The van der Waals surface area contributed by atoms with Crippen molar-refractivity contribution >= 4 is 11.9 Å². The van der Waals surface area contributed by atoms with Gasteiger partial charge in [-0.1, -0.05) is 0 Å². The molecule has 0 atom stereocenters. The van der Waals surface area contributed by atoms with Crippen LogP contribution in [0.4, 0.5) is 0 Å². The molecule has 2 N–H and O–H groups in total. The summed E-state index contributed by atoms with van der Waals surface area (Å²) >= 11 is 0. The molecular formula is C15H15N3O4. The molecule has 1 aromatic heterocycles.